The number of benzene rings is 1. The van der Waals surface area contributed by atoms with Crippen LogP contribution in [0.1, 0.15) is 21.6 Å². The number of hydrogen-bond acceptors (Lipinski definition) is 4. The lowest BCUT2D eigenvalue weighted by Gasteiger charge is -2.07. The molecule has 0 fully saturated rings. The van der Waals surface area contributed by atoms with Crippen LogP contribution in [0.4, 0.5) is 13.2 Å². The molecule has 0 aliphatic carbocycles. The summed E-state index contributed by atoms with van der Waals surface area (Å²) in [5.41, 5.74) is -0.135. The Balaban J connectivity index is 2.08. The SMILES string of the molecule is COc1ccc(C(=O)Cc2ccc(C(F)(F)F)cc2)nn1. The molecule has 0 atom stereocenters. The minimum atomic E-state index is -4.38. The summed E-state index contributed by atoms with van der Waals surface area (Å²) in [6.45, 7) is 0. The first-order chi connectivity index (χ1) is 9.90. The van der Waals surface area contributed by atoms with E-state index < -0.39 is 11.7 Å². The summed E-state index contributed by atoms with van der Waals surface area (Å²) < 4.78 is 42.1. The van der Waals surface area contributed by atoms with Crippen LogP contribution in [-0.2, 0) is 12.6 Å². The zero-order chi connectivity index (χ0) is 15.5. The van der Waals surface area contributed by atoms with Crippen LogP contribution in [0.2, 0.25) is 0 Å². The van der Waals surface area contributed by atoms with E-state index in [1.165, 1.54) is 31.4 Å². The van der Waals surface area contributed by atoms with Crippen molar-refractivity contribution in [3.8, 4) is 5.88 Å². The standard InChI is InChI=1S/C14H11F3N2O2/c1-21-13-7-6-11(18-19-13)12(20)8-9-2-4-10(5-3-9)14(15,16)17/h2-7H,8H2,1H3. The van der Waals surface area contributed by atoms with Crippen LogP contribution in [0.5, 0.6) is 5.88 Å². The number of Topliss-reactive ketones (excluding diaryl/α,β-unsaturated/α-hetero) is 1. The first kappa shape index (κ1) is 15.0. The summed E-state index contributed by atoms with van der Waals surface area (Å²) in [5, 5.41) is 7.36. The van der Waals surface area contributed by atoms with Crippen molar-refractivity contribution in [1.29, 1.82) is 0 Å². The fraction of sp³-hybridized carbons (Fsp3) is 0.214. The third-order valence-corrected chi connectivity index (χ3v) is 2.78. The lowest BCUT2D eigenvalue weighted by atomic mass is 10.0. The van der Waals surface area contributed by atoms with E-state index in [1.807, 2.05) is 0 Å². The lowest BCUT2D eigenvalue weighted by molar-refractivity contribution is -0.137. The van der Waals surface area contributed by atoms with Gasteiger partial charge in [-0.25, -0.2) is 0 Å². The van der Waals surface area contributed by atoms with Gasteiger partial charge in [0.2, 0.25) is 5.88 Å². The monoisotopic (exact) mass is 296 g/mol. The molecule has 0 N–H and O–H groups in total. The van der Waals surface area contributed by atoms with Gasteiger partial charge < -0.3 is 4.74 Å². The van der Waals surface area contributed by atoms with Crippen molar-refractivity contribution >= 4 is 5.78 Å². The highest BCUT2D eigenvalue weighted by molar-refractivity contribution is 5.95. The molecule has 0 aliphatic heterocycles. The molecule has 0 bridgehead atoms. The van der Waals surface area contributed by atoms with Gasteiger partial charge in [0.05, 0.1) is 12.7 Å². The molecular formula is C14H11F3N2O2. The number of alkyl halides is 3. The van der Waals surface area contributed by atoms with E-state index in [-0.39, 0.29) is 23.8 Å². The van der Waals surface area contributed by atoms with E-state index in [4.69, 9.17) is 4.74 Å². The third kappa shape index (κ3) is 3.77. The second-order valence-electron chi connectivity index (χ2n) is 4.26. The van der Waals surface area contributed by atoms with Gasteiger partial charge in [0.1, 0.15) is 5.69 Å². The van der Waals surface area contributed by atoms with Crippen molar-refractivity contribution in [3.05, 3.63) is 53.2 Å². The number of nitrogens with zero attached hydrogens (tertiary/aromatic N) is 2. The Kier molecular flexibility index (Phi) is 4.21. The first-order valence-corrected chi connectivity index (χ1v) is 5.97. The number of carbonyl (C=O) groups is 1. The lowest BCUT2D eigenvalue weighted by Crippen LogP contribution is -2.08. The average molecular weight is 296 g/mol. The number of methoxy groups -OCH3 is 1. The van der Waals surface area contributed by atoms with Crippen molar-refractivity contribution in [3.63, 3.8) is 0 Å². The van der Waals surface area contributed by atoms with Crippen LogP contribution >= 0.6 is 0 Å². The summed E-state index contributed by atoms with van der Waals surface area (Å²) in [5.74, 6) is -0.0500. The number of rotatable bonds is 4. The molecule has 0 spiro atoms. The largest absolute Gasteiger partial charge is 0.480 e. The Labute approximate surface area is 118 Å². The molecule has 21 heavy (non-hydrogen) atoms. The highest BCUT2D eigenvalue weighted by atomic mass is 19.4. The van der Waals surface area contributed by atoms with Gasteiger partial charge in [-0.15, -0.1) is 10.2 Å². The second-order valence-corrected chi connectivity index (χ2v) is 4.26. The third-order valence-electron chi connectivity index (χ3n) is 2.78. The van der Waals surface area contributed by atoms with Crippen molar-refractivity contribution in [1.82, 2.24) is 10.2 Å². The van der Waals surface area contributed by atoms with Crippen molar-refractivity contribution in [2.75, 3.05) is 7.11 Å². The summed E-state index contributed by atoms with van der Waals surface area (Å²) in [6, 6.07) is 7.39. The van der Waals surface area contributed by atoms with Crippen LogP contribution in [0.15, 0.2) is 36.4 Å². The van der Waals surface area contributed by atoms with E-state index in [0.717, 1.165) is 12.1 Å². The molecule has 110 valence electrons. The van der Waals surface area contributed by atoms with Gasteiger partial charge in [0, 0.05) is 12.5 Å². The van der Waals surface area contributed by atoms with E-state index in [1.54, 1.807) is 0 Å². The zero-order valence-electron chi connectivity index (χ0n) is 11.0. The predicted octanol–water partition coefficient (Wildman–Crippen LogP) is 2.93. The van der Waals surface area contributed by atoms with Gasteiger partial charge in [-0.1, -0.05) is 12.1 Å². The van der Waals surface area contributed by atoms with E-state index >= 15 is 0 Å². The predicted molar refractivity (Wildman–Crippen MR) is 68.1 cm³/mol. The van der Waals surface area contributed by atoms with Crippen LogP contribution < -0.4 is 4.74 Å². The second kappa shape index (κ2) is 5.90. The van der Waals surface area contributed by atoms with E-state index in [9.17, 15) is 18.0 Å². The van der Waals surface area contributed by atoms with Gasteiger partial charge in [-0.2, -0.15) is 13.2 Å². The van der Waals surface area contributed by atoms with Crippen LogP contribution in [0, 0.1) is 0 Å². The molecule has 0 unspecified atom stereocenters. The minimum Gasteiger partial charge on any atom is -0.480 e. The molecule has 4 nitrogen and oxygen atoms in total. The molecule has 0 saturated heterocycles. The quantitative estimate of drug-likeness (QED) is 0.814. The smallest absolute Gasteiger partial charge is 0.416 e. The Hall–Kier alpha value is -2.44. The summed E-state index contributed by atoms with van der Waals surface area (Å²) in [4.78, 5) is 11.9. The fourth-order valence-electron chi connectivity index (χ4n) is 1.67. The summed E-state index contributed by atoms with van der Waals surface area (Å²) in [6.07, 6.45) is -4.43. The molecule has 1 aromatic heterocycles. The van der Waals surface area contributed by atoms with E-state index in [0.29, 0.717) is 5.56 Å². The van der Waals surface area contributed by atoms with Gasteiger partial charge in [-0.05, 0) is 23.8 Å². The summed E-state index contributed by atoms with van der Waals surface area (Å²) in [7, 11) is 1.42. The molecule has 7 heteroatoms. The Morgan fingerprint density at radius 3 is 2.24 bits per heavy atom. The van der Waals surface area contributed by atoms with Crippen LogP contribution in [0.3, 0.4) is 0 Å². The maximum atomic E-state index is 12.4. The molecule has 1 heterocycles. The zero-order valence-corrected chi connectivity index (χ0v) is 11.0. The molecular weight excluding hydrogens is 285 g/mol. The molecule has 0 saturated carbocycles. The van der Waals surface area contributed by atoms with Crippen molar-refractivity contribution < 1.29 is 22.7 Å². The number of ketones is 1. The van der Waals surface area contributed by atoms with Crippen LogP contribution in [0.25, 0.3) is 0 Å². The maximum Gasteiger partial charge on any atom is 0.416 e. The molecule has 2 rings (SSSR count). The Morgan fingerprint density at radius 1 is 1.10 bits per heavy atom. The van der Waals surface area contributed by atoms with Gasteiger partial charge in [0.25, 0.3) is 0 Å². The molecule has 2 aromatic rings. The average Bonchev–Trinajstić information content (AvgIpc) is 2.47. The fourth-order valence-corrected chi connectivity index (χ4v) is 1.67. The molecule has 0 radical (unpaired) electrons. The topological polar surface area (TPSA) is 52.1 Å². The number of hydrogen-bond donors (Lipinski definition) is 0. The Bertz CT molecular complexity index is 622. The number of carbonyl (C=O) groups excluding carboxylic acids is 1. The van der Waals surface area contributed by atoms with Crippen LogP contribution in [-0.4, -0.2) is 23.1 Å². The van der Waals surface area contributed by atoms with Gasteiger partial charge >= 0.3 is 6.18 Å². The molecule has 0 amide bonds. The van der Waals surface area contributed by atoms with Crippen molar-refractivity contribution in [2.45, 2.75) is 12.6 Å². The van der Waals surface area contributed by atoms with Crippen molar-refractivity contribution in [2.24, 2.45) is 0 Å². The normalized spacial score (nSPS) is 11.2. The molecule has 0 aliphatic rings. The highest BCUT2D eigenvalue weighted by Crippen LogP contribution is 2.29. The minimum absolute atomic E-state index is 0.0425. The first-order valence-electron chi connectivity index (χ1n) is 5.97. The maximum absolute atomic E-state index is 12.4. The Morgan fingerprint density at radius 2 is 1.76 bits per heavy atom. The summed E-state index contributed by atoms with van der Waals surface area (Å²) >= 11 is 0. The molecule has 1 aromatic carbocycles. The van der Waals surface area contributed by atoms with Gasteiger partial charge in [-0.3, -0.25) is 4.79 Å². The van der Waals surface area contributed by atoms with E-state index in [2.05, 4.69) is 10.2 Å². The number of aromatic nitrogens is 2. The number of halogens is 3. The van der Waals surface area contributed by atoms with Gasteiger partial charge in [0.15, 0.2) is 5.78 Å². The highest BCUT2D eigenvalue weighted by Gasteiger charge is 2.29. The number of ether oxygens (including phenoxy) is 1.